The fourth-order valence-corrected chi connectivity index (χ4v) is 3.72. The molecule has 0 unspecified atom stereocenters. The summed E-state index contributed by atoms with van der Waals surface area (Å²) in [6.45, 7) is 0. The van der Waals surface area contributed by atoms with E-state index in [1.54, 1.807) is 24.3 Å². The summed E-state index contributed by atoms with van der Waals surface area (Å²) in [6, 6.07) is 11.4. The van der Waals surface area contributed by atoms with Crippen LogP contribution in [0.1, 0.15) is 0 Å². The molecule has 10 heteroatoms. The number of alkyl halides is 3. The summed E-state index contributed by atoms with van der Waals surface area (Å²) in [7, 11) is -4.12. The maximum atomic E-state index is 12.6. The monoisotopic (exact) mass is 417 g/mol. The quantitative estimate of drug-likeness (QED) is 0.592. The molecule has 3 aromatic rings. The highest BCUT2D eigenvalue weighted by molar-refractivity contribution is 7.92. The van der Waals surface area contributed by atoms with Gasteiger partial charge in [0, 0.05) is 10.8 Å². The Labute approximate surface area is 157 Å². The topological polar surface area (TPSA) is 75.6 Å². The normalized spacial score (nSPS) is 12.1. The highest BCUT2D eigenvalue weighted by Gasteiger charge is 2.31. The Hall–Kier alpha value is -2.65. The smallest absolute Gasteiger partial charge is 0.506 e. The van der Waals surface area contributed by atoms with Gasteiger partial charge in [-0.2, -0.15) is 0 Å². The van der Waals surface area contributed by atoms with Gasteiger partial charge in [0.2, 0.25) is 0 Å². The number of fused-ring (bicyclic) bond motifs is 1. The molecule has 27 heavy (non-hydrogen) atoms. The lowest BCUT2D eigenvalue weighted by atomic mass is 10.1. The maximum Gasteiger partial charge on any atom is 0.573 e. The summed E-state index contributed by atoms with van der Waals surface area (Å²) in [5.41, 5.74) is 0.115. The number of benzene rings is 3. The Bertz CT molecular complexity index is 1100. The molecule has 5 nitrogen and oxygen atoms in total. The third-order valence-electron chi connectivity index (χ3n) is 3.58. The second-order valence-electron chi connectivity index (χ2n) is 5.42. The number of phenols is 1. The Balaban J connectivity index is 1.96. The van der Waals surface area contributed by atoms with Crippen LogP contribution in [-0.2, 0) is 10.0 Å². The summed E-state index contributed by atoms with van der Waals surface area (Å²) in [4.78, 5) is -0.273. The van der Waals surface area contributed by atoms with E-state index in [-0.39, 0.29) is 21.4 Å². The molecular formula is C17H11ClF3NO4S. The molecule has 0 saturated carbocycles. The number of hydrogen-bond acceptors (Lipinski definition) is 4. The van der Waals surface area contributed by atoms with Gasteiger partial charge in [0.05, 0.1) is 15.6 Å². The summed E-state index contributed by atoms with van der Waals surface area (Å²) < 4.78 is 67.7. The molecule has 3 aromatic carbocycles. The zero-order valence-electron chi connectivity index (χ0n) is 13.3. The van der Waals surface area contributed by atoms with Crippen molar-refractivity contribution in [3.05, 3.63) is 59.6 Å². The molecule has 0 fully saturated rings. The van der Waals surface area contributed by atoms with Crippen LogP contribution >= 0.6 is 11.6 Å². The third-order valence-corrected chi connectivity index (χ3v) is 5.25. The number of phenolic OH excluding ortho intramolecular Hbond substituents is 1. The van der Waals surface area contributed by atoms with E-state index in [9.17, 15) is 26.7 Å². The molecule has 0 bridgehead atoms. The molecule has 0 aliphatic rings. The van der Waals surface area contributed by atoms with E-state index in [1.165, 1.54) is 6.07 Å². The van der Waals surface area contributed by atoms with E-state index < -0.39 is 22.1 Å². The van der Waals surface area contributed by atoms with Crippen molar-refractivity contribution in [3.63, 3.8) is 0 Å². The van der Waals surface area contributed by atoms with Crippen molar-refractivity contribution in [3.8, 4) is 11.5 Å². The fraction of sp³-hybridized carbons (Fsp3) is 0.0588. The Kier molecular flexibility index (Phi) is 4.83. The van der Waals surface area contributed by atoms with E-state index in [0.717, 1.165) is 24.3 Å². The van der Waals surface area contributed by atoms with Crippen molar-refractivity contribution >= 4 is 38.1 Å². The van der Waals surface area contributed by atoms with Crippen LogP contribution in [0.15, 0.2) is 59.5 Å². The zero-order chi connectivity index (χ0) is 19.8. The first-order valence-electron chi connectivity index (χ1n) is 7.36. The van der Waals surface area contributed by atoms with E-state index >= 15 is 0 Å². The second kappa shape index (κ2) is 6.82. The molecule has 0 amide bonds. The van der Waals surface area contributed by atoms with Gasteiger partial charge in [-0.15, -0.1) is 13.2 Å². The van der Waals surface area contributed by atoms with Crippen LogP contribution in [0.4, 0.5) is 18.9 Å². The van der Waals surface area contributed by atoms with E-state index in [1.807, 2.05) is 0 Å². The number of halogens is 4. The van der Waals surface area contributed by atoms with E-state index in [4.69, 9.17) is 11.6 Å². The summed E-state index contributed by atoms with van der Waals surface area (Å²) in [5, 5.41) is 10.7. The van der Waals surface area contributed by atoms with Crippen molar-refractivity contribution in [2.75, 3.05) is 4.72 Å². The number of aromatic hydroxyl groups is 1. The molecule has 0 radical (unpaired) electrons. The Morgan fingerprint density at radius 1 is 1.00 bits per heavy atom. The molecule has 0 spiro atoms. The van der Waals surface area contributed by atoms with Gasteiger partial charge < -0.3 is 9.84 Å². The summed E-state index contributed by atoms with van der Waals surface area (Å²) >= 11 is 5.94. The van der Waals surface area contributed by atoms with Gasteiger partial charge in [0.25, 0.3) is 10.0 Å². The van der Waals surface area contributed by atoms with Crippen LogP contribution in [0.2, 0.25) is 5.02 Å². The largest absolute Gasteiger partial charge is 0.573 e. The number of sulfonamides is 1. The molecule has 0 heterocycles. The SMILES string of the molecule is O=S(=O)(Nc1cc(Cl)c(O)c2ccccc12)c1ccc(OC(F)(F)F)cc1. The molecule has 0 aliphatic carbocycles. The summed E-state index contributed by atoms with van der Waals surface area (Å²) in [5.74, 6) is -0.733. The van der Waals surface area contributed by atoms with Crippen LogP contribution in [0.25, 0.3) is 10.8 Å². The van der Waals surface area contributed by atoms with Gasteiger partial charge in [0.1, 0.15) is 11.5 Å². The van der Waals surface area contributed by atoms with Crippen LogP contribution in [0, 0.1) is 0 Å². The van der Waals surface area contributed by atoms with Crippen LogP contribution < -0.4 is 9.46 Å². The van der Waals surface area contributed by atoms with Crippen molar-refractivity contribution in [1.29, 1.82) is 0 Å². The number of ether oxygens (including phenoxy) is 1. The minimum absolute atomic E-state index is 0.0553. The lowest BCUT2D eigenvalue weighted by Gasteiger charge is -2.13. The highest BCUT2D eigenvalue weighted by Crippen LogP contribution is 2.38. The molecule has 142 valence electrons. The first kappa shape index (κ1) is 19.1. The average Bonchev–Trinajstić information content (AvgIpc) is 2.58. The zero-order valence-corrected chi connectivity index (χ0v) is 14.9. The van der Waals surface area contributed by atoms with Crippen molar-refractivity contribution in [2.24, 2.45) is 0 Å². The Morgan fingerprint density at radius 3 is 2.19 bits per heavy atom. The van der Waals surface area contributed by atoms with Crippen molar-refractivity contribution in [2.45, 2.75) is 11.3 Å². The van der Waals surface area contributed by atoms with Gasteiger partial charge in [-0.05, 0) is 30.3 Å². The minimum atomic E-state index is -4.87. The molecule has 0 aliphatic heterocycles. The summed E-state index contributed by atoms with van der Waals surface area (Å²) in [6.07, 6.45) is -4.87. The predicted molar refractivity (Wildman–Crippen MR) is 94.6 cm³/mol. The number of anilines is 1. The van der Waals surface area contributed by atoms with Gasteiger partial charge in [0.15, 0.2) is 0 Å². The van der Waals surface area contributed by atoms with Gasteiger partial charge >= 0.3 is 6.36 Å². The Morgan fingerprint density at radius 2 is 1.59 bits per heavy atom. The second-order valence-corrected chi connectivity index (χ2v) is 7.51. The molecule has 3 rings (SSSR count). The standard InChI is InChI=1S/C17H11ClF3NO4S/c18-14-9-15(12-3-1-2-4-13(12)16(14)23)22-27(24,25)11-7-5-10(6-8-11)26-17(19,20)21/h1-9,22-23H. The van der Waals surface area contributed by atoms with E-state index in [0.29, 0.717) is 10.8 Å². The van der Waals surface area contributed by atoms with Crippen molar-refractivity contribution < 1.29 is 31.4 Å². The van der Waals surface area contributed by atoms with Gasteiger partial charge in [-0.25, -0.2) is 8.42 Å². The third kappa shape index (κ3) is 4.20. The lowest BCUT2D eigenvalue weighted by Crippen LogP contribution is -2.17. The van der Waals surface area contributed by atoms with Crippen LogP contribution in [0.3, 0.4) is 0 Å². The van der Waals surface area contributed by atoms with Crippen LogP contribution in [0.5, 0.6) is 11.5 Å². The molecule has 2 N–H and O–H groups in total. The minimum Gasteiger partial charge on any atom is -0.506 e. The molecule has 0 saturated heterocycles. The van der Waals surface area contributed by atoms with Gasteiger partial charge in [-0.3, -0.25) is 4.72 Å². The maximum absolute atomic E-state index is 12.6. The fourth-order valence-electron chi connectivity index (χ4n) is 2.43. The number of rotatable bonds is 4. The molecular weight excluding hydrogens is 407 g/mol. The van der Waals surface area contributed by atoms with Crippen LogP contribution in [-0.4, -0.2) is 19.9 Å². The average molecular weight is 418 g/mol. The van der Waals surface area contributed by atoms with Crippen molar-refractivity contribution in [1.82, 2.24) is 0 Å². The molecule has 0 aromatic heterocycles. The van der Waals surface area contributed by atoms with Gasteiger partial charge in [-0.1, -0.05) is 35.9 Å². The lowest BCUT2D eigenvalue weighted by molar-refractivity contribution is -0.274. The first-order chi connectivity index (χ1) is 12.6. The number of nitrogens with one attached hydrogen (secondary N) is 1. The molecule has 0 atom stereocenters. The van der Waals surface area contributed by atoms with E-state index in [2.05, 4.69) is 9.46 Å². The predicted octanol–water partition coefficient (Wildman–Crippen LogP) is 4.90. The highest BCUT2D eigenvalue weighted by atomic mass is 35.5. The first-order valence-corrected chi connectivity index (χ1v) is 9.22. The number of hydrogen-bond donors (Lipinski definition) is 2.